The number of amides is 1. The summed E-state index contributed by atoms with van der Waals surface area (Å²) in [7, 11) is 0. The van der Waals surface area contributed by atoms with Crippen LogP contribution < -0.4 is 5.32 Å². The van der Waals surface area contributed by atoms with Crippen LogP contribution in [0.4, 0.5) is 0 Å². The highest BCUT2D eigenvalue weighted by Crippen LogP contribution is 2.15. The molecule has 0 unspecified atom stereocenters. The summed E-state index contributed by atoms with van der Waals surface area (Å²) >= 11 is 0. The van der Waals surface area contributed by atoms with E-state index in [4.69, 9.17) is 0 Å². The van der Waals surface area contributed by atoms with Crippen LogP contribution in [0.1, 0.15) is 36.2 Å². The molecule has 1 aliphatic heterocycles. The molecule has 2 aromatic carbocycles. The van der Waals surface area contributed by atoms with Gasteiger partial charge in [-0.2, -0.15) is 0 Å². The second-order valence-corrected chi connectivity index (χ2v) is 7.78. The number of carbonyl (C=O) groups excluding carboxylic acids is 2. The van der Waals surface area contributed by atoms with Gasteiger partial charge in [0, 0.05) is 12.1 Å². The van der Waals surface area contributed by atoms with Gasteiger partial charge in [0.2, 0.25) is 5.91 Å². The van der Waals surface area contributed by atoms with Gasteiger partial charge in [-0.25, -0.2) is 0 Å². The second-order valence-electron chi connectivity index (χ2n) is 7.78. The summed E-state index contributed by atoms with van der Waals surface area (Å²) in [4.78, 5) is 27.6. The van der Waals surface area contributed by atoms with Gasteiger partial charge in [-0.3, -0.25) is 14.5 Å². The highest BCUT2D eigenvalue weighted by molar-refractivity contribution is 5.98. The fraction of sp³-hybridized carbons (Fsp3) is 0.308. The molecular formula is C26H30N2O2. The predicted molar refractivity (Wildman–Crippen MR) is 122 cm³/mol. The van der Waals surface area contributed by atoms with Crippen LogP contribution in [0, 0.1) is 5.92 Å². The lowest BCUT2D eigenvalue weighted by Crippen LogP contribution is -2.49. The SMILES string of the molecule is CC[C@H](C)[C@@H](/C=C/c1ccccc1)NC(=O)[C@@H]1C=CCN1CC(=O)c1ccccc1. The van der Waals surface area contributed by atoms with Crippen molar-refractivity contribution in [2.45, 2.75) is 32.4 Å². The number of Topliss-reactive ketones (excluding diaryl/α,β-unsaturated/α-hetero) is 1. The third-order valence-corrected chi connectivity index (χ3v) is 5.62. The van der Waals surface area contributed by atoms with E-state index in [2.05, 4.69) is 31.3 Å². The maximum atomic E-state index is 13.1. The average Bonchev–Trinajstić information content (AvgIpc) is 3.25. The van der Waals surface area contributed by atoms with E-state index < -0.39 is 6.04 Å². The molecule has 3 rings (SSSR count). The molecule has 1 heterocycles. The van der Waals surface area contributed by atoms with Crippen LogP contribution in [0.5, 0.6) is 0 Å². The number of benzene rings is 2. The summed E-state index contributed by atoms with van der Waals surface area (Å²) in [6.07, 6.45) is 8.93. The van der Waals surface area contributed by atoms with Crippen molar-refractivity contribution in [1.29, 1.82) is 0 Å². The minimum atomic E-state index is -0.422. The first kappa shape index (κ1) is 21.7. The molecule has 1 amide bonds. The predicted octanol–water partition coefficient (Wildman–Crippen LogP) is 4.35. The van der Waals surface area contributed by atoms with Crippen LogP contribution in [0.25, 0.3) is 6.08 Å². The van der Waals surface area contributed by atoms with Gasteiger partial charge < -0.3 is 5.32 Å². The zero-order valence-electron chi connectivity index (χ0n) is 17.7. The first-order chi connectivity index (χ1) is 14.6. The van der Waals surface area contributed by atoms with Gasteiger partial charge in [-0.15, -0.1) is 0 Å². The van der Waals surface area contributed by atoms with E-state index in [1.54, 1.807) is 0 Å². The lowest BCUT2D eigenvalue weighted by molar-refractivity contribution is -0.124. The molecule has 3 atom stereocenters. The van der Waals surface area contributed by atoms with Gasteiger partial charge >= 0.3 is 0 Å². The molecular weight excluding hydrogens is 372 g/mol. The highest BCUT2D eigenvalue weighted by atomic mass is 16.2. The topological polar surface area (TPSA) is 49.4 Å². The number of nitrogens with one attached hydrogen (secondary N) is 1. The Bertz CT molecular complexity index is 890. The standard InChI is InChI=1S/C26H30N2O2/c1-3-20(2)23(17-16-21-11-6-4-7-12-21)27-26(30)24-15-10-18-28(24)19-25(29)22-13-8-5-9-14-22/h4-17,20,23-24H,3,18-19H2,1-2H3,(H,27,30)/b17-16+/t20-,23+,24-/m0/s1. The molecule has 4 nitrogen and oxygen atoms in total. The molecule has 1 N–H and O–H groups in total. The maximum Gasteiger partial charge on any atom is 0.241 e. The molecule has 0 saturated carbocycles. The van der Waals surface area contributed by atoms with Gasteiger partial charge in [0.25, 0.3) is 0 Å². The Morgan fingerprint density at radius 1 is 1.10 bits per heavy atom. The van der Waals surface area contributed by atoms with E-state index in [-0.39, 0.29) is 24.3 Å². The zero-order chi connectivity index (χ0) is 21.3. The van der Waals surface area contributed by atoms with E-state index in [0.29, 0.717) is 18.0 Å². The fourth-order valence-electron chi connectivity index (χ4n) is 3.54. The van der Waals surface area contributed by atoms with Crippen molar-refractivity contribution < 1.29 is 9.59 Å². The van der Waals surface area contributed by atoms with Crippen molar-refractivity contribution in [1.82, 2.24) is 10.2 Å². The van der Waals surface area contributed by atoms with Crippen LogP contribution >= 0.6 is 0 Å². The van der Waals surface area contributed by atoms with E-state index in [1.807, 2.05) is 77.7 Å². The molecule has 0 aliphatic carbocycles. The molecule has 0 bridgehead atoms. The monoisotopic (exact) mass is 402 g/mol. The van der Waals surface area contributed by atoms with Crippen molar-refractivity contribution >= 4 is 17.8 Å². The van der Waals surface area contributed by atoms with E-state index in [1.165, 1.54) is 0 Å². The molecule has 1 aliphatic rings. The Balaban J connectivity index is 1.65. The molecule has 2 aromatic rings. The van der Waals surface area contributed by atoms with Crippen molar-refractivity contribution in [2.24, 2.45) is 5.92 Å². The maximum absolute atomic E-state index is 13.1. The highest BCUT2D eigenvalue weighted by Gasteiger charge is 2.30. The molecule has 0 radical (unpaired) electrons. The van der Waals surface area contributed by atoms with Crippen molar-refractivity contribution in [3.8, 4) is 0 Å². The van der Waals surface area contributed by atoms with Crippen LogP contribution in [0.3, 0.4) is 0 Å². The first-order valence-corrected chi connectivity index (χ1v) is 10.6. The van der Waals surface area contributed by atoms with Gasteiger partial charge in [-0.1, -0.05) is 105 Å². The van der Waals surface area contributed by atoms with Crippen molar-refractivity contribution in [3.05, 3.63) is 90.0 Å². The fourth-order valence-corrected chi connectivity index (χ4v) is 3.54. The summed E-state index contributed by atoms with van der Waals surface area (Å²) < 4.78 is 0. The van der Waals surface area contributed by atoms with E-state index in [0.717, 1.165) is 12.0 Å². The lowest BCUT2D eigenvalue weighted by atomic mass is 9.97. The minimum absolute atomic E-state index is 0.0274. The zero-order valence-corrected chi connectivity index (χ0v) is 17.7. The smallest absolute Gasteiger partial charge is 0.241 e. The number of carbonyl (C=O) groups is 2. The van der Waals surface area contributed by atoms with Crippen molar-refractivity contribution in [2.75, 3.05) is 13.1 Å². The van der Waals surface area contributed by atoms with Crippen LogP contribution in [-0.4, -0.2) is 41.8 Å². The Hall–Kier alpha value is -2.98. The summed E-state index contributed by atoms with van der Waals surface area (Å²) in [5.74, 6) is 0.269. The molecule has 156 valence electrons. The largest absolute Gasteiger partial charge is 0.348 e. The van der Waals surface area contributed by atoms with Crippen LogP contribution in [0.15, 0.2) is 78.9 Å². The third kappa shape index (κ3) is 5.77. The minimum Gasteiger partial charge on any atom is -0.348 e. The molecule has 0 aromatic heterocycles. The Morgan fingerprint density at radius 3 is 2.43 bits per heavy atom. The number of ketones is 1. The van der Waals surface area contributed by atoms with Crippen LogP contribution in [-0.2, 0) is 4.79 Å². The first-order valence-electron chi connectivity index (χ1n) is 10.6. The number of hydrogen-bond donors (Lipinski definition) is 1. The summed E-state index contributed by atoms with van der Waals surface area (Å²) in [5.41, 5.74) is 1.78. The summed E-state index contributed by atoms with van der Waals surface area (Å²) in [6, 6.07) is 18.8. The number of hydrogen-bond acceptors (Lipinski definition) is 3. The molecule has 0 spiro atoms. The normalized spacial score (nSPS) is 18.4. The third-order valence-electron chi connectivity index (χ3n) is 5.62. The molecule has 4 heteroatoms. The van der Waals surface area contributed by atoms with Crippen LogP contribution in [0.2, 0.25) is 0 Å². The number of nitrogens with zero attached hydrogens (tertiary/aromatic N) is 1. The van der Waals surface area contributed by atoms with E-state index in [9.17, 15) is 9.59 Å². The van der Waals surface area contributed by atoms with Gasteiger partial charge in [0.15, 0.2) is 5.78 Å². The van der Waals surface area contributed by atoms with Gasteiger partial charge in [0.05, 0.1) is 12.6 Å². The Kier molecular flexibility index (Phi) is 7.75. The summed E-state index contributed by atoms with van der Waals surface area (Å²) in [5, 5.41) is 3.19. The molecule has 0 saturated heterocycles. The Morgan fingerprint density at radius 2 is 1.77 bits per heavy atom. The summed E-state index contributed by atoms with van der Waals surface area (Å²) in [6.45, 7) is 5.09. The molecule has 0 fully saturated rings. The second kappa shape index (κ2) is 10.7. The average molecular weight is 403 g/mol. The van der Waals surface area contributed by atoms with Gasteiger partial charge in [-0.05, 0) is 11.5 Å². The van der Waals surface area contributed by atoms with E-state index >= 15 is 0 Å². The molecule has 30 heavy (non-hydrogen) atoms. The lowest BCUT2D eigenvalue weighted by Gasteiger charge is -2.27. The Labute approximate surface area is 179 Å². The quantitative estimate of drug-likeness (QED) is 0.501. The van der Waals surface area contributed by atoms with Gasteiger partial charge in [0.1, 0.15) is 6.04 Å². The van der Waals surface area contributed by atoms with Crippen molar-refractivity contribution in [3.63, 3.8) is 0 Å². The number of rotatable bonds is 9.